The molecule has 0 bridgehead atoms. The molecule has 0 spiro atoms. The topological polar surface area (TPSA) is 199 Å². The number of sulfonamides is 1. The summed E-state index contributed by atoms with van der Waals surface area (Å²) in [5.41, 5.74) is -5.40. The fraction of sp³-hybridized carbons (Fsp3) is 0.250. The number of benzene rings is 2. The van der Waals surface area contributed by atoms with Gasteiger partial charge in [-0.15, -0.1) is 0 Å². The predicted octanol–water partition coefficient (Wildman–Crippen LogP) is 3.03. The highest BCUT2D eigenvalue weighted by Gasteiger charge is 2.68. The molecule has 2 aromatic carbocycles. The van der Waals surface area contributed by atoms with E-state index in [2.05, 4.69) is 10.3 Å². The van der Waals surface area contributed by atoms with E-state index >= 15 is 4.39 Å². The summed E-state index contributed by atoms with van der Waals surface area (Å²) < 4.78 is 99.1. The third kappa shape index (κ3) is 7.41. The molecule has 2 amide bonds. The summed E-state index contributed by atoms with van der Waals surface area (Å²) in [6.07, 6.45) is -3.45. The standard InChI is InChI=1S/C32H27F5N6O8S/c1-16-15-42(2)30(49)43(27(16)45)25-8-3-17(14-38-25)11-24(28(46)47)40-26(44)20-12-22(34)23(13-21(20)33)41-52(50,51)19-6-4-18(5-7-19)39-29(48)31(9-10-31)32(35,36)37/h3-8,12-15,24,41H,9-11H2,1-2H3,(H,39,48)(H,40,44)(H,46,47)/t24-/m0/s1. The van der Waals surface area contributed by atoms with Crippen LogP contribution in [0.4, 0.5) is 33.3 Å². The molecular weight excluding hydrogens is 723 g/mol. The van der Waals surface area contributed by atoms with Gasteiger partial charge in [0.25, 0.3) is 21.5 Å². The first-order chi connectivity index (χ1) is 24.2. The number of amides is 2. The van der Waals surface area contributed by atoms with Crippen LogP contribution in [-0.2, 0) is 33.1 Å². The molecule has 0 saturated heterocycles. The van der Waals surface area contributed by atoms with Crippen molar-refractivity contribution in [1.29, 1.82) is 0 Å². The second kappa shape index (κ2) is 13.7. The first-order valence-electron chi connectivity index (χ1n) is 15.0. The molecule has 2 aromatic heterocycles. The fourth-order valence-corrected chi connectivity index (χ4v) is 6.16. The van der Waals surface area contributed by atoms with Gasteiger partial charge in [0.2, 0.25) is 5.91 Å². The molecule has 1 atom stereocenters. The Hall–Kier alpha value is -5.92. The van der Waals surface area contributed by atoms with Gasteiger partial charge in [0.15, 0.2) is 0 Å². The summed E-state index contributed by atoms with van der Waals surface area (Å²) in [6.45, 7) is 1.50. The van der Waals surface area contributed by atoms with Gasteiger partial charge in [-0.2, -0.15) is 13.2 Å². The lowest BCUT2D eigenvalue weighted by molar-refractivity contribution is -0.189. The number of carboxylic acids is 1. The van der Waals surface area contributed by atoms with Crippen molar-refractivity contribution < 1.29 is 49.9 Å². The highest BCUT2D eigenvalue weighted by atomic mass is 32.2. The molecule has 5 rings (SSSR count). The molecule has 20 heteroatoms. The van der Waals surface area contributed by atoms with Gasteiger partial charge >= 0.3 is 17.8 Å². The minimum Gasteiger partial charge on any atom is -0.480 e. The average molecular weight is 751 g/mol. The molecule has 52 heavy (non-hydrogen) atoms. The smallest absolute Gasteiger partial charge is 0.403 e. The van der Waals surface area contributed by atoms with E-state index in [1.807, 2.05) is 5.32 Å². The van der Waals surface area contributed by atoms with Crippen LogP contribution in [0.1, 0.15) is 34.3 Å². The summed E-state index contributed by atoms with van der Waals surface area (Å²) in [5, 5.41) is 13.8. The molecule has 2 heterocycles. The normalized spacial score (nSPS) is 14.3. The van der Waals surface area contributed by atoms with Crippen LogP contribution in [0, 0.1) is 24.0 Å². The number of hydrogen-bond acceptors (Lipinski definition) is 8. The van der Waals surface area contributed by atoms with E-state index in [0.29, 0.717) is 12.1 Å². The first kappa shape index (κ1) is 37.3. The zero-order chi connectivity index (χ0) is 38.3. The second-order valence-electron chi connectivity index (χ2n) is 11.9. The van der Waals surface area contributed by atoms with Crippen LogP contribution >= 0.6 is 0 Å². The Morgan fingerprint density at radius 3 is 2.23 bits per heavy atom. The van der Waals surface area contributed by atoms with Crippen LogP contribution in [0.15, 0.2) is 75.4 Å². The molecule has 1 aliphatic carbocycles. The molecule has 4 aromatic rings. The van der Waals surface area contributed by atoms with E-state index < -0.39 is 90.9 Å². The average Bonchev–Trinajstić information content (AvgIpc) is 3.89. The number of aliphatic carboxylic acids is 1. The number of hydrogen-bond donors (Lipinski definition) is 4. The van der Waals surface area contributed by atoms with Gasteiger partial charge in [-0.05, 0) is 61.7 Å². The van der Waals surface area contributed by atoms with Crippen molar-refractivity contribution in [2.75, 3.05) is 10.0 Å². The Labute approximate surface area is 290 Å². The molecule has 0 aliphatic heterocycles. The van der Waals surface area contributed by atoms with E-state index in [9.17, 15) is 55.1 Å². The number of alkyl halides is 3. The number of rotatable bonds is 11. The lowest BCUT2D eigenvalue weighted by Crippen LogP contribution is -2.42. The quantitative estimate of drug-likeness (QED) is 0.167. The highest BCUT2D eigenvalue weighted by Crippen LogP contribution is 2.58. The number of aryl methyl sites for hydroxylation is 2. The number of carbonyl (C=O) groups is 3. The zero-order valence-corrected chi connectivity index (χ0v) is 27.7. The van der Waals surface area contributed by atoms with Crippen LogP contribution in [-0.4, -0.2) is 57.6 Å². The molecule has 0 radical (unpaired) electrons. The molecule has 1 fully saturated rings. The third-order valence-corrected chi connectivity index (χ3v) is 9.58. The van der Waals surface area contributed by atoms with E-state index in [1.165, 1.54) is 36.9 Å². The summed E-state index contributed by atoms with van der Waals surface area (Å²) >= 11 is 0. The number of pyridine rings is 1. The minimum atomic E-state index is -4.76. The number of carboxylic acid groups (broad SMARTS) is 1. The van der Waals surface area contributed by atoms with Gasteiger partial charge in [-0.3, -0.25) is 19.1 Å². The number of aromatic nitrogens is 3. The van der Waals surface area contributed by atoms with Gasteiger partial charge in [0.1, 0.15) is 28.9 Å². The van der Waals surface area contributed by atoms with Crippen LogP contribution in [0.5, 0.6) is 0 Å². The second-order valence-corrected chi connectivity index (χ2v) is 13.6. The Bertz CT molecular complexity index is 2290. The number of halogens is 5. The van der Waals surface area contributed by atoms with Crippen LogP contribution in [0.25, 0.3) is 5.82 Å². The molecule has 274 valence electrons. The SMILES string of the molecule is Cc1cn(C)c(=O)n(-c2ccc(C[C@H](NC(=O)c3cc(F)c(NS(=O)(=O)c4ccc(NC(=O)C5(C(F)(F)F)CC5)cc4)cc3F)C(=O)O)cn2)c1=O. The maximum Gasteiger partial charge on any atom is 0.403 e. The number of nitrogens with one attached hydrogen (secondary N) is 3. The Balaban J connectivity index is 1.26. The first-order valence-corrected chi connectivity index (χ1v) is 16.5. The zero-order valence-electron chi connectivity index (χ0n) is 26.9. The van der Waals surface area contributed by atoms with Gasteiger partial charge in [0, 0.05) is 43.2 Å². The summed E-state index contributed by atoms with van der Waals surface area (Å²) in [4.78, 5) is 65.4. The Kier molecular flexibility index (Phi) is 9.81. The van der Waals surface area contributed by atoms with E-state index in [0.717, 1.165) is 35.0 Å². The molecule has 1 saturated carbocycles. The van der Waals surface area contributed by atoms with Crippen molar-refractivity contribution in [3.8, 4) is 5.82 Å². The predicted molar refractivity (Wildman–Crippen MR) is 172 cm³/mol. The number of carbonyl (C=O) groups excluding carboxylic acids is 2. The summed E-state index contributed by atoms with van der Waals surface area (Å²) in [5.74, 6) is -7.15. The summed E-state index contributed by atoms with van der Waals surface area (Å²) in [6, 6.07) is 5.41. The fourth-order valence-electron chi connectivity index (χ4n) is 5.10. The number of anilines is 2. The van der Waals surface area contributed by atoms with E-state index in [-0.39, 0.29) is 35.5 Å². The Morgan fingerprint density at radius 2 is 1.67 bits per heavy atom. The van der Waals surface area contributed by atoms with Crippen molar-refractivity contribution in [3.63, 3.8) is 0 Å². The van der Waals surface area contributed by atoms with E-state index in [1.54, 1.807) is 4.72 Å². The van der Waals surface area contributed by atoms with Gasteiger partial charge in [-0.1, -0.05) is 6.07 Å². The van der Waals surface area contributed by atoms with Crippen molar-refractivity contribution in [2.24, 2.45) is 12.5 Å². The molecule has 4 N–H and O–H groups in total. The van der Waals surface area contributed by atoms with Gasteiger partial charge in [0.05, 0.1) is 16.1 Å². The monoisotopic (exact) mass is 750 g/mol. The molecule has 14 nitrogen and oxygen atoms in total. The maximum absolute atomic E-state index is 15.0. The minimum absolute atomic E-state index is 0.0565. The highest BCUT2D eigenvalue weighted by molar-refractivity contribution is 7.92. The number of nitrogens with zero attached hydrogens (tertiary/aromatic N) is 3. The molecular formula is C32H27F5N6O8S. The molecule has 1 aliphatic rings. The van der Waals surface area contributed by atoms with Crippen LogP contribution < -0.4 is 26.6 Å². The van der Waals surface area contributed by atoms with Crippen LogP contribution in [0.3, 0.4) is 0 Å². The van der Waals surface area contributed by atoms with Crippen molar-refractivity contribution in [1.82, 2.24) is 19.4 Å². The van der Waals surface area contributed by atoms with Gasteiger partial charge < -0.3 is 20.3 Å². The lowest BCUT2D eigenvalue weighted by atomic mass is 10.1. The summed E-state index contributed by atoms with van der Waals surface area (Å²) in [7, 11) is -3.20. The maximum atomic E-state index is 15.0. The van der Waals surface area contributed by atoms with E-state index in [4.69, 9.17) is 0 Å². The lowest BCUT2D eigenvalue weighted by Gasteiger charge is -2.18. The van der Waals surface area contributed by atoms with Crippen molar-refractivity contribution in [3.05, 3.63) is 110 Å². The largest absolute Gasteiger partial charge is 0.480 e. The van der Waals surface area contributed by atoms with Gasteiger partial charge in [-0.25, -0.2) is 36.3 Å². The Morgan fingerprint density at radius 1 is 1.02 bits per heavy atom. The van der Waals surface area contributed by atoms with Crippen molar-refractivity contribution in [2.45, 2.75) is 43.3 Å². The third-order valence-electron chi connectivity index (χ3n) is 8.20. The van der Waals surface area contributed by atoms with Crippen molar-refractivity contribution >= 4 is 39.2 Å². The van der Waals surface area contributed by atoms with Crippen LogP contribution in [0.2, 0.25) is 0 Å². The molecule has 0 unspecified atom stereocenters.